The summed E-state index contributed by atoms with van der Waals surface area (Å²) >= 11 is 0. The molecule has 1 aromatic rings. The Bertz CT molecular complexity index is 301. The molecule has 0 N–H and O–H groups in total. The van der Waals surface area contributed by atoms with Crippen LogP contribution in [0.5, 0.6) is 0 Å². The van der Waals surface area contributed by atoms with Crippen LogP contribution in [0.1, 0.15) is 25.5 Å². The molecule has 0 amide bonds. The number of aliphatic imine (C=N–C) groups is 1. The van der Waals surface area contributed by atoms with E-state index >= 15 is 0 Å². The summed E-state index contributed by atoms with van der Waals surface area (Å²) in [5.74, 6) is 1.06. The van der Waals surface area contributed by atoms with Crippen LogP contribution in [0.15, 0.2) is 35.3 Å². The fourth-order valence-corrected chi connectivity index (χ4v) is 1.20. The van der Waals surface area contributed by atoms with E-state index in [9.17, 15) is 0 Å². The Labute approximate surface area is 86.3 Å². The van der Waals surface area contributed by atoms with Crippen molar-refractivity contribution in [1.82, 2.24) is 4.90 Å². The van der Waals surface area contributed by atoms with Gasteiger partial charge in [-0.05, 0) is 19.4 Å². The molecule has 0 aliphatic carbocycles. The standard InChI is InChI=1S/C12H18N2/c1-10(13-11(2)14(3)4)12-8-6-5-7-9-12/h5-10H,1-4H3. The van der Waals surface area contributed by atoms with Gasteiger partial charge in [-0.15, -0.1) is 0 Å². The molecular formula is C12H18N2. The van der Waals surface area contributed by atoms with Gasteiger partial charge in [-0.1, -0.05) is 30.3 Å². The first kappa shape index (κ1) is 10.8. The predicted octanol–water partition coefficient (Wildman–Crippen LogP) is 2.73. The lowest BCUT2D eigenvalue weighted by molar-refractivity contribution is 0.605. The Morgan fingerprint density at radius 1 is 1.21 bits per heavy atom. The molecular weight excluding hydrogens is 172 g/mol. The van der Waals surface area contributed by atoms with Crippen LogP contribution in [0.3, 0.4) is 0 Å². The summed E-state index contributed by atoms with van der Waals surface area (Å²) in [6.07, 6.45) is 0. The molecule has 0 bridgehead atoms. The van der Waals surface area contributed by atoms with Crippen molar-refractivity contribution < 1.29 is 0 Å². The summed E-state index contributed by atoms with van der Waals surface area (Å²) in [5.41, 5.74) is 1.26. The summed E-state index contributed by atoms with van der Waals surface area (Å²) in [7, 11) is 4.02. The lowest BCUT2D eigenvalue weighted by Crippen LogP contribution is -2.19. The van der Waals surface area contributed by atoms with E-state index in [-0.39, 0.29) is 6.04 Å². The number of hydrogen-bond donors (Lipinski definition) is 0. The number of hydrogen-bond acceptors (Lipinski definition) is 1. The van der Waals surface area contributed by atoms with E-state index in [1.165, 1.54) is 5.56 Å². The minimum atomic E-state index is 0.235. The maximum absolute atomic E-state index is 4.59. The van der Waals surface area contributed by atoms with Crippen molar-refractivity contribution in [2.24, 2.45) is 4.99 Å². The largest absolute Gasteiger partial charge is 0.367 e. The number of amidine groups is 1. The summed E-state index contributed by atoms with van der Waals surface area (Å²) in [6.45, 7) is 4.14. The Hall–Kier alpha value is -1.31. The molecule has 2 heteroatoms. The van der Waals surface area contributed by atoms with Crippen LogP contribution in [0.4, 0.5) is 0 Å². The molecule has 76 valence electrons. The second-order valence-corrected chi connectivity index (χ2v) is 3.66. The molecule has 0 aliphatic heterocycles. The molecule has 0 spiro atoms. The SMILES string of the molecule is CC(=NC(C)c1ccccc1)N(C)C. The second-order valence-electron chi connectivity index (χ2n) is 3.66. The third-order valence-corrected chi connectivity index (χ3v) is 2.31. The fraction of sp³-hybridized carbons (Fsp3) is 0.417. The van der Waals surface area contributed by atoms with Crippen LogP contribution in [-0.2, 0) is 0 Å². The summed E-state index contributed by atoms with van der Waals surface area (Å²) in [4.78, 5) is 6.62. The van der Waals surface area contributed by atoms with Crippen LogP contribution in [-0.4, -0.2) is 24.8 Å². The first-order valence-electron chi connectivity index (χ1n) is 4.88. The summed E-state index contributed by atoms with van der Waals surface area (Å²) < 4.78 is 0. The van der Waals surface area contributed by atoms with E-state index in [2.05, 4.69) is 24.0 Å². The highest BCUT2D eigenvalue weighted by Crippen LogP contribution is 2.15. The van der Waals surface area contributed by atoms with E-state index in [1.54, 1.807) is 0 Å². The third kappa shape index (κ3) is 2.87. The fourth-order valence-electron chi connectivity index (χ4n) is 1.20. The summed E-state index contributed by atoms with van der Waals surface area (Å²) in [5, 5.41) is 0. The first-order chi connectivity index (χ1) is 6.61. The highest BCUT2D eigenvalue weighted by Gasteiger charge is 2.03. The molecule has 0 saturated carbocycles. The van der Waals surface area contributed by atoms with Crippen LogP contribution in [0.2, 0.25) is 0 Å². The van der Waals surface area contributed by atoms with Gasteiger partial charge < -0.3 is 4.90 Å². The Balaban J connectivity index is 2.77. The zero-order valence-electron chi connectivity index (χ0n) is 9.36. The number of rotatable bonds is 2. The molecule has 2 nitrogen and oxygen atoms in total. The Morgan fingerprint density at radius 2 is 1.79 bits per heavy atom. The topological polar surface area (TPSA) is 15.6 Å². The predicted molar refractivity (Wildman–Crippen MR) is 61.7 cm³/mol. The maximum atomic E-state index is 4.59. The van der Waals surface area contributed by atoms with E-state index in [1.807, 2.05) is 44.1 Å². The molecule has 0 aliphatic rings. The molecule has 1 atom stereocenters. The van der Waals surface area contributed by atoms with Crippen LogP contribution in [0, 0.1) is 0 Å². The third-order valence-electron chi connectivity index (χ3n) is 2.31. The van der Waals surface area contributed by atoms with Gasteiger partial charge >= 0.3 is 0 Å². The van der Waals surface area contributed by atoms with E-state index < -0.39 is 0 Å². The molecule has 1 aromatic carbocycles. The number of nitrogens with zero attached hydrogens (tertiary/aromatic N) is 2. The molecule has 1 rings (SSSR count). The smallest absolute Gasteiger partial charge is 0.0959 e. The van der Waals surface area contributed by atoms with Gasteiger partial charge in [-0.3, -0.25) is 4.99 Å². The second kappa shape index (κ2) is 4.80. The maximum Gasteiger partial charge on any atom is 0.0959 e. The molecule has 0 fully saturated rings. The monoisotopic (exact) mass is 190 g/mol. The normalized spacial score (nSPS) is 13.9. The molecule has 0 saturated heterocycles. The average molecular weight is 190 g/mol. The van der Waals surface area contributed by atoms with Gasteiger partial charge in [0.1, 0.15) is 0 Å². The highest BCUT2D eigenvalue weighted by atomic mass is 15.1. The van der Waals surface area contributed by atoms with Crippen LogP contribution in [0.25, 0.3) is 0 Å². The lowest BCUT2D eigenvalue weighted by Gasteiger charge is -2.14. The zero-order valence-corrected chi connectivity index (χ0v) is 9.36. The minimum Gasteiger partial charge on any atom is -0.367 e. The average Bonchev–Trinajstić information content (AvgIpc) is 2.19. The quantitative estimate of drug-likeness (QED) is 0.517. The Morgan fingerprint density at radius 3 is 2.29 bits per heavy atom. The van der Waals surface area contributed by atoms with Crippen molar-refractivity contribution in [3.63, 3.8) is 0 Å². The van der Waals surface area contributed by atoms with E-state index in [0.29, 0.717) is 0 Å². The molecule has 0 heterocycles. The van der Waals surface area contributed by atoms with E-state index in [0.717, 1.165) is 5.84 Å². The zero-order chi connectivity index (χ0) is 10.6. The van der Waals surface area contributed by atoms with Crippen molar-refractivity contribution in [2.45, 2.75) is 19.9 Å². The van der Waals surface area contributed by atoms with Crippen molar-refractivity contribution in [2.75, 3.05) is 14.1 Å². The van der Waals surface area contributed by atoms with Gasteiger partial charge in [0.2, 0.25) is 0 Å². The lowest BCUT2D eigenvalue weighted by atomic mass is 10.1. The van der Waals surface area contributed by atoms with Crippen LogP contribution < -0.4 is 0 Å². The molecule has 0 radical (unpaired) electrons. The van der Waals surface area contributed by atoms with Gasteiger partial charge in [0.25, 0.3) is 0 Å². The number of benzene rings is 1. The van der Waals surface area contributed by atoms with Gasteiger partial charge in [0.15, 0.2) is 0 Å². The van der Waals surface area contributed by atoms with Crippen LogP contribution >= 0.6 is 0 Å². The minimum absolute atomic E-state index is 0.235. The highest BCUT2D eigenvalue weighted by molar-refractivity contribution is 5.79. The summed E-state index contributed by atoms with van der Waals surface area (Å²) in [6, 6.07) is 10.6. The van der Waals surface area contributed by atoms with Crippen molar-refractivity contribution in [3.05, 3.63) is 35.9 Å². The van der Waals surface area contributed by atoms with Gasteiger partial charge in [-0.2, -0.15) is 0 Å². The molecule has 0 aromatic heterocycles. The van der Waals surface area contributed by atoms with Gasteiger partial charge in [0, 0.05) is 14.1 Å². The van der Waals surface area contributed by atoms with Gasteiger partial charge in [0.05, 0.1) is 11.9 Å². The van der Waals surface area contributed by atoms with Crippen molar-refractivity contribution in [3.8, 4) is 0 Å². The van der Waals surface area contributed by atoms with Gasteiger partial charge in [-0.25, -0.2) is 0 Å². The van der Waals surface area contributed by atoms with Crippen molar-refractivity contribution in [1.29, 1.82) is 0 Å². The molecule has 14 heavy (non-hydrogen) atoms. The molecule has 1 unspecified atom stereocenters. The first-order valence-corrected chi connectivity index (χ1v) is 4.88. The Kier molecular flexibility index (Phi) is 3.69. The van der Waals surface area contributed by atoms with E-state index in [4.69, 9.17) is 0 Å². The van der Waals surface area contributed by atoms with Crippen molar-refractivity contribution >= 4 is 5.84 Å².